The standard InChI is InChI=1S/C20H16N.C5H5.2ClH.Ti/c1-2-7-15-13-16(12-14(15)6-1)21-19-10-4-3-8-17(19)18-9-5-11-20(18)21;1-2-4-5-3-1;;;/h1-4,6-8,10,12-13H,5,9,11H2;1-3H,4H2;2*1H;/q2*-1;;;+4/p-2. The molecule has 0 saturated carbocycles. The monoisotopic (exact) mass is 453 g/mol. The van der Waals surface area contributed by atoms with Gasteiger partial charge in [0.15, 0.2) is 0 Å². The first-order valence-corrected chi connectivity index (χ1v) is 9.40. The minimum Gasteiger partial charge on any atom is -1.00 e. The average Bonchev–Trinajstić information content (AvgIpc) is 3.45. The van der Waals surface area contributed by atoms with E-state index in [0.29, 0.717) is 0 Å². The fourth-order valence-corrected chi connectivity index (χ4v) is 4.23. The Morgan fingerprint density at radius 3 is 2.45 bits per heavy atom. The molecule has 144 valence electrons. The van der Waals surface area contributed by atoms with E-state index in [2.05, 4.69) is 77.4 Å². The van der Waals surface area contributed by atoms with Crippen molar-refractivity contribution < 1.29 is 46.5 Å². The van der Waals surface area contributed by atoms with Crippen molar-refractivity contribution >= 4 is 21.7 Å². The molecular weight excluding hydrogens is 433 g/mol. The van der Waals surface area contributed by atoms with E-state index in [1.54, 1.807) is 5.56 Å². The van der Waals surface area contributed by atoms with Crippen LogP contribution >= 0.6 is 0 Å². The maximum Gasteiger partial charge on any atom is 4.00 e. The number of benzene rings is 2. The van der Waals surface area contributed by atoms with Gasteiger partial charge in [0, 0.05) is 11.1 Å². The Labute approximate surface area is 199 Å². The molecule has 2 aliphatic rings. The van der Waals surface area contributed by atoms with E-state index in [9.17, 15) is 0 Å². The Hall–Kier alpha value is -1.64. The van der Waals surface area contributed by atoms with Gasteiger partial charge in [-0.15, -0.1) is 47.5 Å². The minimum atomic E-state index is 0. The second-order valence-electron chi connectivity index (χ2n) is 6.98. The molecule has 0 fully saturated rings. The molecule has 3 aromatic carbocycles. The summed E-state index contributed by atoms with van der Waals surface area (Å²) in [5.74, 6) is 0. The molecule has 0 N–H and O–H groups in total. The molecule has 6 rings (SSSR count). The first-order valence-electron chi connectivity index (χ1n) is 9.40. The van der Waals surface area contributed by atoms with Crippen LogP contribution in [0.5, 0.6) is 0 Å². The van der Waals surface area contributed by atoms with Crippen molar-refractivity contribution in [3.63, 3.8) is 0 Å². The van der Waals surface area contributed by atoms with Gasteiger partial charge >= 0.3 is 21.7 Å². The van der Waals surface area contributed by atoms with Gasteiger partial charge in [0.1, 0.15) is 0 Å². The predicted molar refractivity (Wildman–Crippen MR) is 110 cm³/mol. The van der Waals surface area contributed by atoms with Crippen LogP contribution in [0.4, 0.5) is 0 Å². The van der Waals surface area contributed by atoms with E-state index in [1.165, 1.54) is 52.3 Å². The number of halogens is 2. The third-order valence-corrected chi connectivity index (χ3v) is 5.38. The molecule has 4 heteroatoms. The molecule has 4 aromatic rings. The van der Waals surface area contributed by atoms with E-state index in [1.807, 2.05) is 12.2 Å². The number of nitrogens with zero attached hydrogens (tertiary/aromatic N) is 1. The van der Waals surface area contributed by atoms with Crippen LogP contribution in [-0.4, -0.2) is 4.57 Å². The summed E-state index contributed by atoms with van der Waals surface area (Å²) in [4.78, 5) is 0. The summed E-state index contributed by atoms with van der Waals surface area (Å²) >= 11 is 0. The molecular formula is C25H21Cl2NTi. The Balaban J connectivity index is 0.000000333. The number of aryl methyl sites for hydroxylation is 1. The maximum atomic E-state index is 2.99. The molecule has 0 atom stereocenters. The Morgan fingerprint density at radius 2 is 1.72 bits per heavy atom. The molecule has 29 heavy (non-hydrogen) atoms. The molecule has 0 bridgehead atoms. The Morgan fingerprint density at radius 1 is 0.931 bits per heavy atom. The van der Waals surface area contributed by atoms with Crippen molar-refractivity contribution in [3.05, 3.63) is 96.2 Å². The van der Waals surface area contributed by atoms with E-state index in [-0.39, 0.29) is 46.5 Å². The van der Waals surface area contributed by atoms with E-state index >= 15 is 0 Å². The van der Waals surface area contributed by atoms with Crippen LogP contribution < -0.4 is 24.8 Å². The Kier molecular flexibility index (Phi) is 8.49. The number of fused-ring (bicyclic) bond motifs is 4. The van der Waals surface area contributed by atoms with E-state index < -0.39 is 0 Å². The summed E-state index contributed by atoms with van der Waals surface area (Å²) in [5, 5.41) is 4.10. The minimum absolute atomic E-state index is 0. The van der Waals surface area contributed by atoms with Crippen molar-refractivity contribution in [1.29, 1.82) is 0 Å². The number of rotatable bonds is 1. The topological polar surface area (TPSA) is 4.93 Å². The zero-order chi connectivity index (χ0) is 17.3. The number of aromatic nitrogens is 1. The number of hydrogen-bond donors (Lipinski definition) is 0. The van der Waals surface area contributed by atoms with Gasteiger partial charge < -0.3 is 29.4 Å². The molecule has 1 nitrogen and oxygen atoms in total. The van der Waals surface area contributed by atoms with Crippen molar-refractivity contribution in [2.75, 3.05) is 0 Å². The normalized spacial score (nSPS) is 13.2. The first-order chi connectivity index (χ1) is 12.9. The summed E-state index contributed by atoms with van der Waals surface area (Å²) in [6, 6.07) is 22.1. The van der Waals surface area contributed by atoms with Gasteiger partial charge in [-0.2, -0.15) is 6.08 Å². The first kappa shape index (κ1) is 23.6. The average molecular weight is 454 g/mol. The summed E-state index contributed by atoms with van der Waals surface area (Å²) in [7, 11) is 0. The predicted octanol–water partition coefficient (Wildman–Crippen LogP) is 0.302. The molecule has 0 saturated heterocycles. The largest absolute Gasteiger partial charge is 4.00 e. The van der Waals surface area contributed by atoms with Gasteiger partial charge in [0.2, 0.25) is 0 Å². The van der Waals surface area contributed by atoms with E-state index in [0.717, 1.165) is 6.42 Å². The van der Waals surface area contributed by atoms with Gasteiger partial charge in [-0.3, -0.25) is 6.08 Å². The fourth-order valence-electron chi connectivity index (χ4n) is 4.23. The molecule has 0 spiro atoms. The van der Waals surface area contributed by atoms with Gasteiger partial charge in [-0.05, 0) is 36.6 Å². The number of allylic oxidation sites excluding steroid dienone is 4. The van der Waals surface area contributed by atoms with Crippen molar-refractivity contribution in [1.82, 2.24) is 4.57 Å². The van der Waals surface area contributed by atoms with Crippen LogP contribution in [0.3, 0.4) is 0 Å². The van der Waals surface area contributed by atoms with Crippen LogP contribution in [0, 0.1) is 6.08 Å². The molecule has 1 aromatic heterocycles. The smallest absolute Gasteiger partial charge is 1.00 e. The van der Waals surface area contributed by atoms with Crippen molar-refractivity contribution in [3.8, 4) is 5.69 Å². The van der Waals surface area contributed by atoms with Crippen LogP contribution in [-0.2, 0) is 34.6 Å². The van der Waals surface area contributed by atoms with Crippen LogP contribution in [0.2, 0.25) is 0 Å². The SMILES string of the molecule is [C-]1=CC=CC1.[Cl-].[Cl-].[Ti+4].c1ccc2[cH-]c(-n3c4c(c5ccccc53)CCC4)cc2c1. The van der Waals surface area contributed by atoms with Gasteiger partial charge in [-0.1, -0.05) is 24.3 Å². The number of para-hydroxylation sites is 1. The zero-order valence-electron chi connectivity index (χ0n) is 16.0. The van der Waals surface area contributed by atoms with Crippen LogP contribution in [0.25, 0.3) is 27.4 Å². The quantitative estimate of drug-likeness (QED) is 0.288. The van der Waals surface area contributed by atoms with Gasteiger partial charge in [-0.25, -0.2) is 12.2 Å². The second-order valence-corrected chi connectivity index (χ2v) is 6.98. The molecule has 0 amide bonds. The molecule has 2 aliphatic carbocycles. The molecule has 1 heterocycles. The second kappa shape index (κ2) is 10.4. The van der Waals surface area contributed by atoms with Gasteiger partial charge in [0.25, 0.3) is 0 Å². The Bertz CT molecular complexity index is 1110. The summed E-state index contributed by atoms with van der Waals surface area (Å²) in [5.41, 5.74) is 5.76. The van der Waals surface area contributed by atoms with Crippen LogP contribution in [0.15, 0.2) is 78.9 Å². The van der Waals surface area contributed by atoms with Crippen molar-refractivity contribution in [2.24, 2.45) is 0 Å². The molecule has 0 radical (unpaired) electrons. The summed E-state index contributed by atoms with van der Waals surface area (Å²) in [6.07, 6.45) is 13.7. The molecule has 0 aliphatic heterocycles. The van der Waals surface area contributed by atoms with Crippen molar-refractivity contribution in [2.45, 2.75) is 25.7 Å². The number of hydrogen-bond acceptors (Lipinski definition) is 0. The summed E-state index contributed by atoms with van der Waals surface area (Å²) < 4.78 is 2.48. The fraction of sp³-hybridized carbons (Fsp3) is 0.160. The maximum absolute atomic E-state index is 2.99. The molecule has 0 unspecified atom stereocenters. The third kappa shape index (κ3) is 4.44. The van der Waals surface area contributed by atoms with Gasteiger partial charge in [0.05, 0.1) is 5.52 Å². The third-order valence-electron chi connectivity index (χ3n) is 5.38. The summed E-state index contributed by atoms with van der Waals surface area (Å²) in [6.45, 7) is 0. The van der Waals surface area contributed by atoms with E-state index in [4.69, 9.17) is 0 Å². The van der Waals surface area contributed by atoms with Crippen LogP contribution in [0.1, 0.15) is 24.1 Å². The zero-order valence-corrected chi connectivity index (χ0v) is 19.1.